The molecule has 1 fully saturated rings. The monoisotopic (exact) mass is 286 g/mol. The van der Waals surface area contributed by atoms with E-state index in [4.69, 9.17) is 0 Å². The summed E-state index contributed by atoms with van der Waals surface area (Å²) >= 11 is 0. The van der Waals surface area contributed by atoms with E-state index < -0.39 is 15.8 Å². The van der Waals surface area contributed by atoms with Crippen LogP contribution in [0.3, 0.4) is 0 Å². The highest BCUT2D eigenvalue weighted by atomic mass is 32.2. The number of hydrogen-bond donors (Lipinski definition) is 2. The second kappa shape index (κ2) is 5.56. The molecule has 6 heteroatoms. The molecule has 0 aliphatic carbocycles. The summed E-state index contributed by atoms with van der Waals surface area (Å²) in [5, 5.41) is 3.20. The Hall–Kier alpha value is -0.980. The Morgan fingerprint density at radius 1 is 1.42 bits per heavy atom. The summed E-state index contributed by atoms with van der Waals surface area (Å²) in [5.41, 5.74) is 0.334. The maximum atomic E-state index is 13.9. The van der Waals surface area contributed by atoms with Gasteiger partial charge in [-0.05, 0) is 44.0 Å². The third-order valence-electron chi connectivity index (χ3n) is 3.54. The van der Waals surface area contributed by atoms with Crippen LogP contribution in [-0.2, 0) is 10.0 Å². The number of aryl methyl sites for hydroxylation is 1. The van der Waals surface area contributed by atoms with Gasteiger partial charge in [0.05, 0.1) is 0 Å². The van der Waals surface area contributed by atoms with Crippen molar-refractivity contribution < 1.29 is 12.8 Å². The van der Waals surface area contributed by atoms with Crippen LogP contribution < -0.4 is 10.0 Å². The highest BCUT2D eigenvalue weighted by Gasteiger charge is 2.28. The minimum atomic E-state index is -3.80. The van der Waals surface area contributed by atoms with Gasteiger partial charge < -0.3 is 5.32 Å². The Morgan fingerprint density at radius 2 is 2.16 bits per heavy atom. The fraction of sp³-hybridized carbons (Fsp3) is 0.538. The number of rotatable bonds is 3. The predicted octanol–water partition coefficient (Wildman–Crippen LogP) is 1.41. The summed E-state index contributed by atoms with van der Waals surface area (Å²) in [4.78, 5) is -0.266. The number of piperidine rings is 1. The van der Waals surface area contributed by atoms with Crippen molar-refractivity contribution in [2.24, 2.45) is 5.92 Å². The lowest BCUT2D eigenvalue weighted by atomic mass is 9.97. The summed E-state index contributed by atoms with van der Waals surface area (Å²) < 4.78 is 41.0. The largest absolute Gasteiger partial charge is 0.316 e. The van der Waals surface area contributed by atoms with E-state index in [2.05, 4.69) is 10.0 Å². The zero-order valence-electron chi connectivity index (χ0n) is 11.1. The van der Waals surface area contributed by atoms with Crippen LogP contribution >= 0.6 is 0 Å². The molecule has 0 bridgehead atoms. The van der Waals surface area contributed by atoms with Gasteiger partial charge in [0.15, 0.2) is 0 Å². The molecule has 2 N–H and O–H groups in total. The van der Waals surface area contributed by atoms with E-state index in [0.717, 1.165) is 13.1 Å². The molecule has 2 unspecified atom stereocenters. The molecule has 4 nitrogen and oxygen atoms in total. The average Bonchev–Trinajstić information content (AvgIpc) is 2.35. The van der Waals surface area contributed by atoms with E-state index in [1.165, 1.54) is 6.07 Å². The second-order valence-electron chi connectivity index (χ2n) is 5.08. The second-order valence-corrected chi connectivity index (χ2v) is 6.77. The standard InChI is InChI=1S/C13H19FN2O2S/c1-9-4-3-5-12(13(9)14)19(17,18)16-11-6-7-15-8-10(11)2/h3-5,10-11,15-16H,6-8H2,1-2H3. The van der Waals surface area contributed by atoms with Crippen molar-refractivity contribution in [2.45, 2.75) is 31.2 Å². The van der Waals surface area contributed by atoms with Crippen molar-refractivity contribution >= 4 is 10.0 Å². The van der Waals surface area contributed by atoms with E-state index in [-0.39, 0.29) is 16.9 Å². The molecule has 1 aliphatic rings. The van der Waals surface area contributed by atoms with Gasteiger partial charge in [-0.2, -0.15) is 0 Å². The topological polar surface area (TPSA) is 58.2 Å². The van der Waals surface area contributed by atoms with Gasteiger partial charge in [0.1, 0.15) is 10.7 Å². The first-order chi connectivity index (χ1) is 8.92. The third kappa shape index (κ3) is 3.13. The number of halogens is 1. The number of hydrogen-bond acceptors (Lipinski definition) is 3. The van der Waals surface area contributed by atoms with Gasteiger partial charge in [0, 0.05) is 6.04 Å². The molecule has 1 saturated heterocycles. The lowest BCUT2D eigenvalue weighted by Gasteiger charge is -2.30. The molecule has 0 spiro atoms. The van der Waals surface area contributed by atoms with Crippen LogP contribution in [0.5, 0.6) is 0 Å². The minimum Gasteiger partial charge on any atom is -0.316 e. The van der Waals surface area contributed by atoms with Gasteiger partial charge in [-0.3, -0.25) is 0 Å². The summed E-state index contributed by atoms with van der Waals surface area (Å²) in [6.07, 6.45) is 0.716. The van der Waals surface area contributed by atoms with Crippen LogP contribution in [-0.4, -0.2) is 27.5 Å². The maximum Gasteiger partial charge on any atom is 0.243 e. The zero-order valence-corrected chi connectivity index (χ0v) is 11.9. The Labute approximate surface area is 113 Å². The lowest BCUT2D eigenvalue weighted by molar-refractivity contribution is 0.327. The molecule has 1 aliphatic heterocycles. The Morgan fingerprint density at radius 3 is 2.84 bits per heavy atom. The number of nitrogens with one attached hydrogen (secondary N) is 2. The molecule has 0 aromatic heterocycles. The Balaban J connectivity index is 2.25. The lowest BCUT2D eigenvalue weighted by Crippen LogP contribution is -2.48. The molecule has 1 aromatic rings. The summed E-state index contributed by atoms with van der Waals surface area (Å²) in [5.74, 6) is -0.479. The van der Waals surface area contributed by atoms with Crippen LogP contribution in [0, 0.1) is 18.7 Å². The third-order valence-corrected chi connectivity index (χ3v) is 5.05. The molecule has 0 saturated carbocycles. The van der Waals surface area contributed by atoms with Crippen LogP contribution in [0.15, 0.2) is 23.1 Å². The normalized spacial score (nSPS) is 24.4. The molecular formula is C13H19FN2O2S. The summed E-state index contributed by atoms with van der Waals surface area (Å²) in [6, 6.07) is 4.27. The van der Waals surface area contributed by atoms with E-state index >= 15 is 0 Å². The molecule has 106 valence electrons. The number of benzene rings is 1. The minimum absolute atomic E-state index is 0.147. The van der Waals surface area contributed by atoms with Gasteiger partial charge in [-0.15, -0.1) is 0 Å². The first kappa shape index (κ1) is 14.4. The molecule has 1 heterocycles. The Bertz CT molecular complexity index is 560. The van der Waals surface area contributed by atoms with Gasteiger partial charge in [-0.1, -0.05) is 19.1 Å². The smallest absolute Gasteiger partial charge is 0.243 e. The van der Waals surface area contributed by atoms with Crippen molar-refractivity contribution in [3.63, 3.8) is 0 Å². The highest BCUT2D eigenvalue weighted by Crippen LogP contribution is 2.20. The van der Waals surface area contributed by atoms with Crippen LogP contribution in [0.4, 0.5) is 4.39 Å². The SMILES string of the molecule is Cc1cccc(S(=O)(=O)NC2CCNCC2C)c1F. The Kier molecular flexibility index (Phi) is 4.23. The van der Waals surface area contributed by atoms with E-state index in [1.54, 1.807) is 19.1 Å². The van der Waals surface area contributed by atoms with E-state index in [9.17, 15) is 12.8 Å². The fourth-order valence-corrected chi connectivity index (χ4v) is 3.81. The average molecular weight is 286 g/mol. The molecule has 1 aromatic carbocycles. The quantitative estimate of drug-likeness (QED) is 0.883. The molecule has 19 heavy (non-hydrogen) atoms. The first-order valence-corrected chi connectivity index (χ1v) is 7.88. The first-order valence-electron chi connectivity index (χ1n) is 6.40. The van der Waals surface area contributed by atoms with Gasteiger partial charge >= 0.3 is 0 Å². The van der Waals surface area contributed by atoms with Gasteiger partial charge in [-0.25, -0.2) is 17.5 Å². The van der Waals surface area contributed by atoms with Crippen molar-refractivity contribution in [3.8, 4) is 0 Å². The van der Waals surface area contributed by atoms with E-state index in [1.807, 2.05) is 6.92 Å². The van der Waals surface area contributed by atoms with Crippen molar-refractivity contribution in [1.29, 1.82) is 0 Å². The van der Waals surface area contributed by atoms with E-state index in [0.29, 0.717) is 12.0 Å². The molecule has 0 radical (unpaired) electrons. The zero-order chi connectivity index (χ0) is 14.0. The highest BCUT2D eigenvalue weighted by molar-refractivity contribution is 7.89. The molecular weight excluding hydrogens is 267 g/mol. The number of sulfonamides is 1. The maximum absolute atomic E-state index is 13.9. The van der Waals surface area contributed by atoms with Gasteiger partial charge in [0.25, 0.3) is 0 Å². The summed E-state index contributed by atoms with van der Waals surface area (Å²) in [6.45, 7) is 5.07. The predicted molar refractivity (Wildman–Crippen MR) is 71.9 cm³/mol. The van der Waals surface area contributed by atoms with Crippen LogP contribution in [0.25, 0.3) is 0 Å². The molecule has 0 amide bonds. The fourth-order valence-electron chi connectivity index (χ4n) is 2.28. The van der Waals surface area contributed by atoms with Crippen LogP contribution in [0.1, 0.15) is 18.9 Å². The van der Waals surface area contributed by atoms with Crippen molar-refractivity contribution in [1.82, 2.24) is 10.0 Å². The molecule has 2 rings (SSSR count). The summed E-state index contributed by atoms with van der Waals surface area (Å²) in [7, 11) is -3.80. The van der Waals surface area contributed by atoms with Crippen molar-refractivity contribution in [3.05, 3.63) is 29.6 Å². The molecule has 2 atom stereocenters. The van der Waals surface area contributed by atoms with Gasteiger partial charge in [0.2, 0.25) is 10.0 Å². The van der Waals surface area contributed by atoms with Crippen LogP contribution in [0.2, 0.25) is 0 Å². The van der Waals surface area contributed by atoms with Crippen molar-refractivity contribution in [2.75, 3.05) is 13.1 Å².